The highest BCUT2D eigenvalue weighted by Gasteiger charge is 2.47. The molecule has 18 rings (SSSR count). The van der Waals surface area contributed by atoms with Crippen LogP contribution in [0.3, 0.4) is 0 Å². The van der Waals surface area contributed by atoms with Gasteiger partial charge >= 0.3 is 5.97 Å². The van der Waals surface area contributed by atoms with Crippen LogP contribution in [0.4, 0.5) is 43.4 Å². The van der Waals surface area contributed by atoms with Gasteiger partial charge in [-0.15, -0.1) is 10.2 Å². The molecule has 3 unspecified atom stereocenters. The third-order valence-corrected chi connectivity index (χ3v) is 24.7. The van der Waals surface area contributed by atoms with Gasteiger partial charge in [-0.25, -0.2) is 37.7 Å². The molecule has 8 aliphatic heterocycles. The van der Waals surface area contributed by atoms with Crippen molar-refractivity contribution in [2.75, 3.05) is 214 Å². The lowest BCUT2D eigenvalue weighted by Gasteiger charge is -2.35. The molecule has 0 radical (unpaired) electrons. The van der Waals surface area contributed by atoms with Crippen LogP contribution < -0.4 is 51.9 Å². The molecule has 0 aliphatic carbocycles. The molecule has 137 heavy (non-hydrogen) atoms. The predicted octanol–water partition coefficient (Wildman–Crippen LogP) is 6.06. The highest BCUT2D eigenvalue weighted by Crippen LogP contribution is 2.40. The van der Waals surface area contributed by atoms with Crippen LogP contribution >= 0.6 is 0 Å². The molecule has 8 N–H and O–H groups in total. The van der Waals surface area contributed by atoms with Gasteiger partial charge in [-0.1, -0.05) is 36.4 Å². The molecule has 720 valence electrons. The SMILES string of the molecule is NCCOCCOCCOCCNc1ccc2c(c1)C(=O)N(C1CCC(=O)NC1=O)C2=O.O=C(CN1CCN(c2cccc(-c3cnc4ccc(N5CCCC5c5cccc(F)c5)nn34)n2)CC1)NCCOCCOCCOCCNc1ccc2c(c1)C(=O)N(C1CCC(=O)NC1=O)C2=O.O=C(O)CN1CCN(c2cccc(-c3cnc4ccc(N5CCC[C@@H]5c5cccc(F)c5)nn34)n2)CC1. The lowest BCUT2D eigenvalue weighted by molar-refractivity contribution is -0.139. The van der Waals surface area contributed by atoms with Crippen molar-refractivity contribution < 1.29 is 90.3 Å². The van der Waals surface area contributed by atoms with Gasteiger partial charge in [-0.05, 0) is 159 Å². The normalized spacial score (nSPS) is 18.5. The number of carboxylic acid groups (broad SMARTS) is 1. The number of imide groups is 4. The smallest absolute Gasteiger partial charge is 0.317 e. The number of carbonyl (C=O) groups excluding carboxylic acids is 9. The van der Waals surface area contributed by atoms with E-state index < -0.39 is 65.3 Å². The molecule has 6 saturated heterocycles. The van der Waals surface area contributed by atoms with Crippen LogP contribution in [0.2, 0.25) is 0 Å². The number of carbonyl (C=O) groups is 10. The van der Waals surface area contributed by atoms with Crippen molar-refractivity contribution in [1.29, 1.82) is 0 Å². The van der Waals surface area contributed by atoms with Gasteiger partial charge in [0.05, 0.1) is 150 Å². The standard InChI is InChI=1S/C48H54FN11O8.C27H28FN7O2.C21H28N4O7/c49-33-5-1-4-32(28-33)38-7-3-17-58(38)43-13-12-41-52-30-40(60(41)55-43)37-6-2-8-42(53-37)57-20-18-56(19-21-57)31-45(62)51-16-23-67-25-27-68-26-24-66-22-15-50-34-9-10-35-36(29-34)48(65)59(47(35)64)39-11-14-44(61)54-46(39)63;28-20-5-1-4-19(16-20)22-7-3-11-34(22)26-10-9-24-29-17-23(35(24)31-26)21-6-2-8-25(30-21)33-14-12-32(13-15-33)18-27(36)37;22-5-7-30-9-11-32-12-10-31-8-6-23-14-1-2-15-16(13-14)21(29)25(20(15)28)17-3-4-18(26)24-19(17)27/h1-2,4-6,8-10,12-13,28-30,38-39,50H,3,7,11,14-27,31H2,(H,51,62)(H,54,61,63);1-2,4-6,8-10,16-17,22H,3,7,11-15,18H2,(H,36,37);1-2,13,17,23H,3-12,22H2,(H,24,26,27)/t;22-;/m.1./s1. The number of rotatable bonds is 39. The van der Waals surface area contributed by atoms with E-state index in [4.69, 9.17) is 59.4 Å². The monoisotopic (exact) mass is 1880 g/mol. The number of aromatic nitrogens is 8. The Morgan fingerprint density at radius 3 is 1.26 bits per heavy atom. The molecule has 6 fully saturated rings. The molecule has 4 aromatic carbocycles. The topological polar surface area (TPSA) is 445 Å². The van der Waals surface area contributed by atoms with Crippen LogP contribution in [0.5, 0.6) is 0 Å². The number of piperazine rings is 2. The minimum absolute atomic E-state index is 0.0484. The van der Waals surface area contributed by atoms with Crippen molar-refractivity contribution in [3.8, 4) is 22.8 Å². The van der Waals surface area contributed by atoms with Crippen molar-refractivity contribution in [2.45, 2.75) is 75.5 Å². The number of benzene rings is 4. The van der Waals surface area contributed by atoms with Gasteiger partial charge in [0, 0.05) is 116 Å². The van der Waals surface area contributed by atoms with Gasteiger partial charge in [-0.2, -0.15) is 0 Å². The molecular formula is C96H110F2N22O17. The highest BCUT2D eigenvalue weighted by atomic mass is 19.1. The van der Waals surface area contributed by atoms with E-state index in [2.05, 4.69) is 61.1 Å². The van der Waals surface area contributed by atoms with E-state index in [0.717, 1.165) is 138 Å². The number of nitrogens with zero attached hydrogens (tertiary/aromatic N) is 16. The quantitative estimate of drug-likeness (QED) is 0.0170. The van der Waals surface area contributed by atoms with Gasteiger partial charge < -0.3 is 74.8 Å². The van der Waals surface area contributed by atoms with E-state index in [1.807, 2.05) is 86.7 Å². The zero-order valence-corrected chi connectivity index (χ0v) is 75.7. The van der Waals surface area contributed by atoms with E-state index in [-0.39, 0.29) is 84.1 Å². The third-order valence-electron chi connectivity index (χ3n) is 24.7. The molecule has 10 aromatic rings. The summed E-state index contributed by atoms with van der Waals surface area (Å²) in [6.45, 7) is 14.6. The first-order valence-corrected chi connectivity index (χ1v) is 46.2. The van der Waals surface area contributed by atoms with Crippen LogP contribution in [0.25, 0.3) is 34.1 Å². The number of nitrogens with one attached hydrogen (secondary N) is 5. The maximum Gasteiger partial charge on any atom is 0.317 e. The summed E-state index contributed by atoms with van der Waals surface area (Å²) in [5.41, 5.74) is 14.0. The lowest BCUT2D eigenvalue weighted by Crippen LogP contribution is -2.54. The van der Waals surface area contributed by atoms with Crippen LogP contribution in [0, 0.1) is 11.6 Å². The Balaban J connectivity index is 0.000000165. The first-order valence-electron chi connectivity index (χ1n) is 46.2. The highest BCUT2D eigenvalue weighted by molar-refractivity contribution is 6.25. The van der Waals surface area contributed by atoms with Gasteiger partial charge in [-0.3, -0.25) is 78.2 Å². The van der Waals surface area contributed by atoms with E-state index in [9.17, 15) is 56.7 Å². The summed E-state index contributed by atoms with van der Waals surface area (Å²) in [7, 11) is 0. The molecule has 9 amide bonds. The van der Waals surface area contributed by atoms with E-state index in [0.29, 0.717) is 155 Å². The zero-order valence-electron chi connectivity index (χ0n) is 75.7. The molecule has 14 heterocycles. The Bertz CT molecular complexity index is 6010. The summed E-state index contributed by atoms with van der Waals surface area (Å²) in [6, 6.07) is 41.2. The van der Waals surface area contributed by atoms with E-state index in [1.165, 1.54) is 12.1 Å². The summed E-state index contributed by atoms with van der Waals surface area (Å²) in [5.74, 6) is -2.25. The van der Waals surface area contributed by atoms with Crippen LogP contribution in [0.15, 0.2) is 158 Å². The molecule has 0 spiro atoms. The number of piperidine rings is 2. The van der Waals surface area contributed by atoms with E-state index in [1.54, 1.807) is 73.1 Å². The van der Waals surface area contributed by atoms with Crippen molar-refractivity contribution in [2.24, 2.45) is 5.73 Å². The third kappa shape index (κ3) is 24.0. The van der Waals surface area contributed by atoms with Crippen molar-refractivity contribution in [3.05, 3.63) is 203 Å². The fourth-order valence-corrected chi connectivity index (χ4v) is 17.9. The Hall–Kier alpha value is -13.8. The number of aliphatic carboxylic acids is 1. The maximum atomic E-state index is 14.1. The van der Waals surface area contributed by atoms with Gasteiger partial charge in [0.1, 0.15) is 58.4 Å². The average Bonchev–Trinajstić information content (AvgIpc) is 1.66. The molecule has 4 atom stereocenters. The largest absolute Gasteiger partial charge is 0.480 e. The molecule has 8 aliphatic rings. The number of fused-ring (bicyclic) bond motifs is 4. The first kappa shape index (κ1) is 96.3. The Morgan fingerprint density at radius 1 is 0.423 bits per heavy atom. The molecule has 0 saturated carbocycles. The number of ether oxygens (including phenoxy) is 6. The lowest BCUT2D eigenvalue weighted by atomic mass is 10.0. The number of hydrogen-bond acceptors (Lipinski definition) is 31. The average molecular weight is 1880 g/mol. The minimum atomic E-state index is -1.01. The van der Waals surface area contributed by atoms with Crippen molar-refractivity contribution in [3.63, 3.8) is 0 Å². The number of nitrogens with two attached hydrogens (primary N) is 1. The fraction of sp³-hybridized carbons (Fsp3) is 0.417. The molecule has 6 aromatic heterocycles. The summed E-state index contributed by atoms with van der Waals surface area (Å²) in [5, 5.41) is 32.6. The fourth-order valence-electron chi connectivity index (χ4n) is 17.9. The van der Waals surface area contributed by atoms with Gasteiger partial charge in [0.15, 0.2) is 11.3 Å². The second kappa shape index (κ2) is 46.2. The second-order valence-electron chi connectivity index (χ2n) is 33.8. The number of anilines is 6. The van der Waals surface area contributed by atoms with Gasteiger partial charge in [0.2, 0.25) is 29.5 Å². The summed E-state index contributed by atoms with van der Waals surface area (Å²) < 4.78 is 64.5. The molecule has 0 bridgehead atoms. The summed E-state index contributed by atoms with van der Waals surface area (Å²) >= 11 is 0. The van der Waals surface area contributed by atoms with Crippen LogP contribution in [0.1, 0.15) is 116 Å². The Kier molecular flexibility index (Phi) is 32.5. The minimum Gasteiger partial charge on any atom is -0.480 e. The predicted molar refractivity (Wildman–Crippen MR) is 499 cm³/mol. The number of halogens is 2. The Labute approximate surface area is 787 Å². The number of amides is 9. The summed E-state index contributed by atoms with van der Waals surface area (Å²) in [4.78, 5) is 156. The van der Waals surface area contributed by atoms with Crippen molar-refractivity contribution >= 4 is 105 Å². The van der Waals surface area contributed by atoms with E-state index >= 15 is 0 Å². The van der Waals surface area contributed by atoms with Crippen molar-refractivity contribution in [1.82, 2.24) is 74.7 Å². The maximum absolute atomic E-state index is 14.1. The number of hydrogen-bond donors (Lipinski definition) is 7. The van der Waals surface area contributed by atoms with Crippen LogP contribution in [-0.4, -0.2) is 319 Å². The molecular weight excluding hydrogens is 1770 g/mol. The Morgan fingerprint density at radius 2 is 0.832 bits per heavy atom. The first-order chi connectivity index (χ1) is 66.8. The summed E-state index contributed by atoms with van der Waals surface area (Å²) in [6.07, 6.45) is 7.85. The number of carboxylic acids is 1. The number of imidazole rings is 2. The molecule has 41 heteroatoms. The zero-order chi connectivity index (χ0) is 95.3. The second-order valence-corrected chi connectivity index (χ2v) is 33.8. The number of pyridine rings is 2. The van der Waals surface area contributed by atoms with Crippen LogP contribution in [-0.2, 0) is 57.2 Å². The molecule has 39 nitrogen and oxygen atoms in total. The van der Waals surface area contributed by atoms with Gasteiger partial charge in [0.25, 0.3) is 23.6 Å².